The van der Waals surface area contributed by atoms with Gasteiger partial charge in [-0.15, -0.1) is 0 Å². The Labute approximate surface area is 112 Å². The predicted octanol–water partition coefficient (Wildman–Crippen LogP) is 2.98. The molecule has 1 saturated heterocycles. The molecule has 2 rings (SSSR count). The van der Waals surface area contributed by atoms with E-state index in [-0.39, 0.29) is 12.1 Å². The normalized spacial score (nSPS) is 20.3. The van der Waals surface area contributed by atoms with E-state index >= 15 is 0 Å². The zero-order valence-electron chi connectivity index (χ0n) is 10.4. The third-order valence-corrected chi connectivity index (χ3v) is 3.39. The van der Waals surface area contributed by atoms with Gasteiger partial charge in [-0.25, -0.2) is 4.79 Å². The van der Waals surface area contributed by atoms with Crippen LogP contribution in [0.2, 0.25) is 5.02 Å². The van der Waals surface area contributed by atoms with E-state index in [9.17, 15) is 4.79 Å². The largest absolute Gasteiger partial charge is 0.380 e. The molecule has 1 aromatic carbocycles. The monoisotopic (exact) mass is 268 g/mol. The van der Waals surface area contributed by atoms with Gasteiger partial charge in [0.25, 0.3) is 0 Å². The lowest BCUT2D eigenvalue weighted by Gasteiger charge is -2.26. The van der Waals surface area contributed by atoms with Crippen molar-refractivity contribution in [2.75, 3.05) is 25.1 Å². The number of nitrogens with one attached hydrogen (secondary N) is 1. The Hall–Kier alpha value is -1.26. The van der Waals surface area contributed by atoms with Crippen molar-refractivity contribution < 1.29 is 9.53 Å². The van der Waals surface area contributed by atoms with Crippen LogP contribution in [0, 0.1) is 0 Å². The first kappa shape index (κ1) is 13.2. The molecule has 0 saturated carbocycles. The molecule has 1 heterocycles. The third kappa shape index (κ3) is 3.15. The quantitative estimate of drug-likeness (QED) is 0.851. The molecule has 1 aliphatic rings. The summed E-state index contributed by atoms with van der Waals surface area (Å²) >= 11 is 6.02. The van der Waals surface area contributed by atoms with Crippen molar-refractivity contribution in [3.63, 3.8) is 0 Å². The fourth-order valence-electron chi connectivity index (χ4n) is 1.95. The van der Waals surface area contributed by atoms with Gasteiger partial charge in [0.05, 0.1) is 17.3 Å². The Balaban J connectivity index is 2.04. The van der Waals surface area contributed by atoms with Gasteiger partial charge in [-0.1, -0.05) is 23.7 Å². The van der Waals surface area contributed by atoms with Crippen molar-refractivity contribution in [2.45, 2.75) is 19.4 Å². The van der Waals surface area contributed by atoms with Gasteiger partial charge in [-0.3, -0.25) is 0 Å². The van der Waals surface area contributed by atoms with Crippen LogP contribution >= 0.6 is 11.6 Å². The molecule has 4 nitrogen and oxygen atoms in total. The second kappa shape index (κ2) is 6.07. The Morgan fingerprint density at radius 2 is 2.22 bits per heavy atom. The molecule has 1 atom stereocenters. The van der Waals surface area contributed by atoms with Gasteiger partial charge in [-0.05, 0) is 25.5 Å². The Morgan fingerprint density at radius 3 is 3.00 bits per heavy atom. The van der Waals surface area contributed by atoms with Crippen molar-refractivity contribution in [1.29, 1.82) is 0 Å². The van der Waals surface area contributed by atoms with Crippen molar-refractivity contribution in [3.05, 3.63) is 29.3 Å². The van der Waals surface area contributed by atoms with E-state index in [4.69, 9.17) is 16.3 Å². The molecular weight excluding hydrogens is 252 g/mol. The standard InChI is InChI=1S/C13H17ClN2O2/c1-10-6-8-18-9-7-16(10)13(17)15-12-5-3-2-4-11(12)14/h2-5,10H,6-9H2,1H3,(H,15,17). The van der Waals surface area contributed by atoms with Crippen LogP contribution in [0.15, 0.2) is 24.3 Å². The van der Waals surface area contributed by atoms with Gasteiger partial charge in [0.1, 0.15) is 0 Å². The Bertz CT molecular complexity index is 425. The van der Waals surface area contributed by atoms with Crippen LogP contribution in [0.1, 0.15) is 13.3 Å². The van der Waals surface area contributed by atoms with Crippen molar-refractivity contribution in [1.82, 2.24) is 4.90 Å². The topological polar surface area (TPSA) is 41.6 Å². The van der Waals surface area contributed by atoms with E-state index in [2.05, 4.69) is 5.32 Å². The van der Waals surface area contributed by atoms with Crippen molar-refractivity contribution in [3.8, 4) is 0 Å². The first-order valence-electron chi connectivity index (χ1n) is 6.08. The maximum Gasteiger partial charge on any atom is 0.322 e. The lowest BCUT2D eigenvalue weighted by atomic mass is 10.2. The van der Waals surface area contributed by atoms with E-state index in [1.807, 2.05) is 19.1 Å². The number of hydrogen-bond donors (Lipinski definition) is 1. The summed E-state index contributed by atoms with van der Waals surface area (Å²) < 4.78 is 5.37. The molecule has 0 aromatic heterocycles. The SMILES string of the molecule is CC1CCOCCN1C(=O)Nc1ccccc1Cl. The van der Waals surface area contributed by atoms with Gasteiger partial charge in [0, 0.05) is 19.2 Å². The summed E-state index contributed by atoms with van der Waals surface area (Å²) in [6.45, 7) is 3.93. The lowest BCUT2D eigenvalue weighted by Crippen LogP contribution is -2.42. The molecule has 5 heteroatoms. The molecule has 1 aromatic rings. The number of hydrogen-bond acceptors (Lipinski definition) is 2. The Morgan fingerprint density at radius 1 is 1.44 bits per heavy atom. The highest BCUT2D eigenvalue weighted by molar-refractivity contribution is 6.33. The van der Waals surface area contributed by atoms with E-state index < -0.39 is 0 Å². The highest BCUT2D eigenvalue weighted by atomic mass is 35.5. The molecule has 1 aliphatic heterocycles. The van der Waals surface area contributed by atoms with Crippen LogP contribution in [-0.4, -0.2) is 36.7 Å². The fraction of sp³-hybridized carbons (Fsp3) is 0.462. The van der Waals surface area contributed by atoms with E-state index in [1.54, 1.807) is 17.0 Å². The summed E-state index contributed by atoms with van der Waals surface area (Å²) in [5.41, 5.74) is 0.640. The van der Waals surface area contributed by atoms with Gasteiger partial charge in [0.15, 0.2) is 0 Å². The van der Waals surface area contributed by atoms with Crippen molar-refractivity contribution >= 4 is 23.3 Å². The second-order valence-corrected chi connectivity index (χ2v) is 4.76. The number of halogens is 1. The number of rotatable bonds is 1. The number of carbonyl (C=O) groups excluding carboxylic acids is 1. The number of ether oxygens (including phenoxy) is 1. The van der Waals surface area contributed by atoms with Crippen LogP contribution < -0.4 is 5.32 Å². The molecule has 1 unspecified atom stereocenters. The first-order valence-corrected chi connectivity index (χ1v) is 6.46. The molecule has 1 N–H and O–H groups in total. The summed E-state index contributed by atoms with van der Waals surface area (Å²) in [6, 6.07) is 7.28. The zero-order valence-corrected chi connectivity index (χ0v) is 11.1. The van der Waals surface area contributed by atoms with Crippen LogP contribution in [0.5, 0.6) is 0 Å². The maximum absolute atomic E-state index is 12.2. The number of urea groups is 1. The fourth-order valence-corrected chi connectivity index (χ4v) is 2.13. The van der Waals surface area contributed by atoms with E-state index in [0.717, 1.165) is 6.42 Å². The number of nitrogens with zero attached hydrogens (tertiary/aromatic N) is 1. The molecule has 0 aliphatic carbocycles. The minimum Gasteiger partial charge on any atom is -0.380 e. The number of benzene rings is 1. The molecule has 98 valence electrons. The molecule has 0 bridgehead atoms. The average Bonchev–Trinajstić information content (AvgIpc) is 2.57. The van der Waals surface area contributed by atoms with Crippen LogP contribution in [0.3, 0.4) is 0 Å². The maximum atomic E-state index is 12.2. The Kier molecular flexibility index (Phi) is 4.44. The van der Waals surface area contributed by atoms with Gasteiger partial charge in [-0.2, -0.15) is 0 Å². The molecule has 1 fully saturated rings. The van der Waals surface area contributed by atoms with Gasteiger partial charge in [0.2, 0.25) is 0 Å². The lowest BCUT2D eigenvalue weighted by molar-refractivity contribution is 0.143. The predicted molar refractivity (Wildman–Crippen MR) is 72.1 cm³/mol. The highest BCUT2D eigenvalue weighted by Gasteiger charge is 2.22. The summed E-state index contributed by atoms with van der Waals surface area (Å²) in [5.74, 6) is 0. The minimum atomic E-state index is -0.124. The van der Waals surface area contributed by atoms with E-state index in [0.29, 0.717) is 30.5 Å². The first-order chi connectivity index (χ1) is 8.68. The molecular formula is C13H17ClN2O2. The summed E-state index contributed by atoms with van der Waals surface area (Å²) in [4.78, 5) is 14.0. The number of para-hydroxylation sites is 1. The van der Waals surface area contributed by atoms with Crippen LogP contribution in [0.25, 0.3) is 0 Å². The number of anilines is 1. The molecule has 0 radical (unpaired) electrons. The minimum absolute atomic E-state index is 0.124. The summed E-state index contributed by atoms with van der Waals surface area (Å²) in [7, 11) is 0. The smallest absolute Gasteiger partial charge is 0.322 e. The molecule has 2 amide bonds. The summed E-state index contributed by atoms with van der Waals surface area (Å²) in [6.07, 6.45) is 0.857. The summed E-state index contributed by atoms with van der Waals surface area (Å²) in [5, 5.41) is 3.38. The van der Waals surface area contributed by atoms with Crippen molar-refractivity contribution in [2.24, 2.45) is 0 Å². The van der Waals surface area contributed by atoms with Crippen LogP contribution in [0.4, 0.5) is 10.5 Å². The van der Waals surface area contributed by atoms with Gasteiger partial charge >= 0.3 is 6.03 Å². The third-order valence-electron chi connectivity index (χ3n) is 3.06. The van der Waals surface area contributed by atoms with Gasteiger partial charge < -0.3 is 15.0 Å². The number of carbonyl (C=O) groups is 1. The zero-order chi connectivity index (χ0) is 13.0. The number of amides is 2. The molecule has 18 heavy (non-hydrogen) atoms. The second-order valence-electron chi connectivity index (χ2n) is 4.35. The highest BCUT2D eigenvalue weighted by Crippen LogP contribution is 2.21. The average molecular weight is 269 g/mol. The van der Waals surface area contributed by atoms with Crippen LogP contribution in [-0.2, 0) is 4.74 Å². The molecule has 0 spiro atoms. The van der Waals surface area contributed by atoms with E-state index in [1.165, 1.54) is 0 Å².